The molecule has 0 heterocycles. The maximum Gasteiger partial charge on any atom is 0.314 e. The van der Waals surface area contributed by atoms with Crippen LogP contribution in [-0.4, -0.2) is 62.4 Å². The molecular weight excluding hydrogens is 420 g/mol. The molecule has 1 aromatic carbocycles. The van der Waals surface area contributed by atoms with Crippen molar-refractivity contribution in [2.75, 3.05) is 40.3 Å². The minimum Gasteiger partial charge on any atom is -0.508 e. The van der Waals surface area contributed by atoms with Crippen LogP contribution in [0, 0.1) is 0 Å². The number of likely N-dealkylation sites (N-methyl/N-ethyl adjacent to an activating group) is 1. The number of phenolic OH excluding ortho intramolecular Hbond substituents is 1. The SMILES string of the molecule is CN(C)C(CNC(=O)NCC/C(N)=C/NCCCCN)Cc1ccc(O)cc1.SS. The summed E-state index contributed by atoms with van der Waals surface area (Å²) in [6.07, 6.45) is 5.15. The van der Waals surface area contributed by atoms with Gasteiger partial charge in [-0.1, -0.05) is 12.1 Å². The van der Waals surface area contributed by atoms with Crippen LogP contribution in [0.25, 0.3) is 0 Å². The van der Waals surface area contributed by atoms with Crippen LogP contribution in [0.3, 0.4) is 0 Å². The number of aromatic hydroxyl groups is 1. The van der Waals surface area contributed by atoms with Crippen molar-refractivity contribution in [2.24, 2.45) is 11.5 Å². The third kappa shape index (κ3) is 14.3. The lowest BCUT2D eigenvalue weighted by atomic mass is 10.1. The number of rotatable bonds is 13. The van der Waals surface area contributed by atoms with E-state index in [1.54, 1.807) is 18.3 Å². The maximum absolute atomic E-state index is 12.0. The number of amides is 2. The van der Waals surface area contributed by atoms with Crippen LogP contribution in [0.5, 0.6) is 5.75 Å². The number of nitrogens with two attached hydrogens (primary N) is 2. The number of phenols is 1. The van der Waals surface area contributed by atoms with Gasteiger partial charge in [-0.2, -0.15) is 0 Å². The van der Waals surface area contributed by atoms with Gasteiger partial charge in [0.2, 0.25) is 0 Å². The monoisotopic (exact) mass is 458 g/mol. The Morgan fingerprint density at radius 3 is 2.43 bits per heavy atom. The Labute approximate surface area is 191 Å². The zero-order valence-corrected chi connectivity index (χ0v) is 19.8. The van der Waals surface area contributed by atoms with E-state index in [9.17, 15) is 9.90 Å². The summed E-state index contributed by atoms with van der Waals surface area (Å²) in [4.78, 5) is 14.1. The Morgan fingerprint density at radius 1 is 1.17 bits per heavy atom. The number of hydrogen-bond acceptors (Lipinski definition) is 8. The molecule has 0 aliphatic heterocycles. The summed E-state index contributed by atoms with van der Waals surface area (Å²) in [6.45, 7) is 2.54. The first kappa shape index (κ1) is 28.2. The molecule has 30 heavy (non-hydrogen) atoms. The standard InChI is InChI=1S/C20H36N6O2.H2S2/c1-26(2)18(13-16-5-7-19(27)8-6-16)15-25-20(28)24-12-9-17(22)14-23-11-4-3-10-21;1-2/h5-8,14,18,23,27H,3-4,9-13,15,21-22H2,1-2H3,(H2,24,25,28);1-2H/b17-14-;. The summed E-state index contributed by atoms with van der Waals surface area (Å²) in [7, 11) is 3.97. The number of unbranched alkanes of at least 4 members (excludes halogenated alkanes) is 1. The largest absolute Gasteiger partial charge is 0.508 e. The molecule has 172 valence electrons. The average molecular weight is 459 g/mol. The van der Waals surface area contributed by atoms with E-state index in [-0.39, 0.29) is 17.8 Å². The highest BCUT2D eigenvalue weighted by molar-refractivity contribution is 8.59. The van der Waals surface area contributed by atoms with Crippen molar-refractivity contribution in [1.29, 1.82) is 0 Å². The average Bonchev–Trinajstić information content (AvgIpc) is 2.73. The van der Waals surface area contributed by atoms with Crippen LogP contribution in [0.4, 0.5) is 4.79 Å². The lowest BCUT2D eigenvalue weighted by molar-refractivity contribution is 0.232. The quantitative estimate of drug-likeness (QED) is 0.128. The van der Waals surface area contributed by atoms with Crippen molar-refractivity contribution >= 4 is 29.4 Å². The van der Waals surface area contributed by atoms with E-state index < -0.39 is 0 Å². The minimum absolute atomic E-state index is 0.151. The molecule has 0 saturated carbocycles. The van der Waals surface area contributed by atoms with E-state index in [2.05, 4.69) is 44.2 Å². The minimum atomic E-state index is -0.207. The number of carbonyl (C=O) groups excluding carboxylic acids is 1. The number of hydrogen-bond donors (Lipinski definition) is 8. The summed E-state index contributed by atoms with van der Waals surface area (Å²) >= 11 is 6.44. The van der Waals surface area contributed by atoms with Crippen LogP contribution >= 0.6 is 23.3 Å². The number of thiol groups is 2. The fourth-order valence-corrected chi connectivity index (χ4v) is 2.58. The van der Waals surface area contributed by atoms with E-state index in [1.165, 1.54) is 0 Å². The van der Waals surface area contributed by atoms with Crippen molar-refractivity contribution in [2.45, 2.75) is 31.7 Å². The Balaban J connectivity index is 0.00000407. The summed E-state index contributed by atoms with van der Waals surface area (Å²) in [5.41, 5.74) is 13.2. The first-order valence-corrected chi connectivity index (χ1v) is 11.6. The molecule has 1 rings (SSSR count). The molecule has 0 bridgehead atoms. The van der Waals surface area contributed by atoms with Gasteiger partial charge in [0, 0.05) is 44.0 Å². The van der Waals surface area contributed by atoms with Gasteiger partial charge in [-0.3, -0.25) is 0 Å². The Kier molecular flexibility index (Phi) is 17.0. The molecule has 0 aliphatic carbocycles. The van der Waals surface area contributed by atoms with Gasteiger partial charge < -0.3 is 37.4 Å². The highest BCUT2D eigenvalue weighted by atomic mass is 33.1. The second kappa shape index (κ2) is 18.1. The van der Waals surface area contributed by atoms with Crippen LogP contribution in [0.2, 0.25) is 0 Å². The maximum atomic E-state index is 12.0. The highest BCUT2D eigenvalue weighted by Crippen LogP contribution is 2.12. The van der Waals surface area contributed by atoms with E-state index in [0.29, 0.717) is 31.8 Å². The number of urea groups is 1. The third-order valence-corrected chi connectivity index (χ3v) is 4.40. The predicted octanol–water partition coefficient (Wildman–Crippen LogP) is 1.44. The number of nitrogens with zero attached hydrogens (tertiary/aromatic N) is 1. The van der Waals surface area contributed by atoms with Gasteiger partial charge in [-0.25, -0.2) is 4.79 Å². The molecular formula is C20H38N6O2S2. The molecule has 0 aromatic heterocycles. The molecule has 2 amide bonds. The zero-order valence-electron chi connectivity index (χ0n) is 18.0. The van der Waals surface area contributed by atoms with Gasteiger partial charge in [0.25, 0.3) is 0 Å². The van der Waals surface area contributed by atoms with E-state index in [4.69, 9.17) is 11.5 Å². The van der Waals surface area contributed by atoms with Crippen LogP contribution in [0.1, 0.15) is 24.8 Å². The van der Waals surface area contributed by atoms with Crippen molar-refractivity contribution in [1.82, 2.24) is 20.9 Å². The van der Waals surface area contributed by atoms with E-state index in [1.807, 2.05) is 26.2 Å². The summed E-state index contributed by atoms with van der Waals surface area (Å²) in [5.74, 6) is 0.252. The van der Waals surface area contributed by atoms with E-state index in [0.717, 1.165) is 31.4 Å². The van der Waals surface area contributed by atoms with E-state index >= 15 is 0 Å². The molecule has 0 fully saturated rings. The van der Waals surface area contributed by atoms with Crippen molar-refractivity contribution in [3.8, 4) is 5.75 Å². The van der Waals surface area contributed by atoms with Crippen LogP contribution in [-0.2, 0) is 6.42 Å². The third-order valence-electron chi connectivity index (χ3n) is 4.40. The fraction of sp³-hybridized carbons (Fsp3) is 0.550. The van der Waals surface area contributed by atoms with Crippen LogP contribution < -0.4 is 27.4 Å². The zero-order chi connectivity index (χ0) is 22.8. The molecule has 0 radical (unpaired) electrons. The summed E-state index contributed by atoms with van der Waals surface area (Å²) < 4.78 is 0. The predicted molar refractivity (Wildman–Crippen MR) is 132 cm³/mol. The van der Waals surface area contributed by atoms with Gasteiger partial charge in [0.05, 0.1) is 0 Å². The van der Waals surface area contributed by atoms with Gasteiger partial charge in [-0.15, -0.1) is 23.3 Å². The number of carbonyl (C=O) groups is 1. The first-order chi connectivity index (χ1) is 14.4. The van der Waals surface area contributed by atoms with Gasteiger partial charge in [-0.05, 0) is 57.6 Å². The normalized spacial score (nSPS) is 12.0. The molecule has 8 N–H and O–H groups in total. The molecule has 8 nitrogen and oxygen atoms in total. The van der Waals surface area contributed by atoms with Gasteiger partial charge in [0.1, 0.15) is 5.75 Å². The first-order valence-electron chi connectivity index (χ1n) is 9.96. The van der Waals surface area contributed by atoms with Crippen molar-refractivity contribution in [3.63, 3.8) is 0 Å². The number of nitrogens with one attached hydrogen (secondary N) is 3. The second-order valence-corrected chi connectivity index (χ2v) is 7.04. The Bertz CT molecular complexity index is 599. The van der Waals surface area contributed by atoms with Crippen molar-refractivity contribution < 1.29 is 9.90 Å². The smallest absolute Gasteiger partial charge is 0.314 e. The second-order valence-electron chi connectivity index (χ2n) is 7.04. The van der Waals surface area contributed by atoms with Gasteiger partial charge in [0.15, 0.2) is 0 Å². The highest BCUT2D eigenvalue weighted by Gasteiger charge is 2.13. The van der Waals surface area contributed by atoms with Crippen molar-refractivity contribution in [3.05, 3.63) is 41.7 Å². The number of benzene rings is 1. The molecule has 1 aromatic rings. The lowest BCUT2D eigenvalue weighted by Gasteiger charge is -2.25. The summed E-state index contributed by atoms with van der Waals surface area (Å²) in [6, 6.07) is 7.08. The Hall–Kier alpha value is -1.75. The van der Waals surface area contributed by atoms with Crippen LogP contribution in [0.15, 0.2) is 36.2 Å². The molecule has 1 unspecified atom stereocenters. The molecule has 0 aliphatic rings. The summed E-state index contributed by atoms with van der Waals surface area (Å²) in [5, 5.41) is 18.3. The molecule has 0 spiro atoms. The topological polar surface area (TPSA) is 129 Å². The molecule has 0 saturated heterocycles. The molecule has 10 heteroatoms. The Morgan fingerprint density at radius 2 is 1.83 bits per heavy atom. The fourth-order valence-electron chi connectivity index (χ4n) is 2.58. The molecule has 1 atom stereocenters. The lowest BCUT2D eigenvalue weighted by Crippen LogP contribution is -2.45. The van der Waals surface area contributed by atoms with Gasteiger partial charge >= 0.3 is 6.03 Å².